The number of H-pyrrole nitrogens is 1. The van der Waals surface area contributed by atoms with Crippen molar-refractivity contribution >= 4 is 21.8 Å². The summed E-state index contributed by atoms with van der Waals surface area (Å²) in [7, 11) is 0. The zero-order valence-corrected chi connectivity index (χ0v) is 8.34. The third-order valence-corrected chi connectivity index (χ3v) is 2.73. The zero-order valence-electron chi connectivity index (χ0n) is 8.34. The standard InChI is InChI=1S/C13H10FN/c1-8-5-6-9-12(7-8)15-11-4-2-3-10(14)13(9)11/h2-7,15H,1H3. The summed E-state index contributed by atoms with van der Waals surface area (Å²) in [5.41, 5.74) is 3.03. The van der Waals surface area contributed by atoms with Crippen LogP contribution in [0.2, 0.25) is 0 Å². The molecule has 0 fully saturated rings. The van der Waals surface area contributed by atoms with Crippen molar-refractivity contribution in [2.45, 2.75) is 6.92 Å². The predicted molar refractivity (Wildman–Crippen MR) is 60.5 cm³/mol. The molecule has 0 aliphatic carbocycles. The lowest BCUT2D eigenvalue weighted by Crippen LogP contribution is -1.74. The Bertz CT molecular complexity index is 652. The lowest BCUT2D eigenvalue weighted by molar-refractivity contribution is 0.640. The molecule has 0 saturated heterocycles. The summed E-state index contributed by atoms with van der Waals surface area (Å²) < 4.78 is 13.6. The summed E-state index contributed by atoms with van der Waals surface area (Å²) in [5.74, 6) is -0.164. The van der Waals surface area contributed by atoms with Gasteiger partial charge in [-0.1, -0.05) is 18.2 Å². The second-order valence-corrected chi connectivity index (χ2v) is 3.84. The molecule has 15 heavy (non-hydrogen) atoms. The highest BCUT2D eigenvalue weighted by molar-refractivity contribution is 6.07. The van der Waals surface area contributed by atoms with Crippen LogP contribution in [-0.4, -0.2) is 4.98 Å². The van der Waals surface area contributed by atoms with Gasteiger partial charge in [0, 0.05) is 21.8 Å². The molecular weight excluding hydrogens is 189 g/mol. The first kappa shape index (κ1) is 8.48. The minimum atomic E-state index is -0.164. The minimum Gasteiger partial charge on any atom is -0.354 e. The van der Waals surface area contributed by atoms with Crippen LogP contribution in [0.1, 0.15) is 5.56 Å². The average molecular weight is 199 g/mol. The molecule has 0 amide bonds. The molecule has 3 aromatic rings. The largest absolute Gasteiger partial charge is 0.354 e. The molecule has 3 rings (SSSR count). The maximum absolute atomic E-state index is 13.6. The minimum absolute atomic E-state index is 0.164. The van der Waals surface area contributed by atoms with Crippen LogP contribution < -0.4 is 0 Å². The Balaban J connectivity index is 2.59. The fraction of sp³-hybridized carbons (Fsp3) is 0.0769. The number of rotatable bonds is 0. The number of hydrogen-bond donors (Lipinski definition) is 1. The topological polar surface area (TPSA) is 15.8 Å². The summed E-state index contributed by atoms with van der Waals surface area (Å²) in [6.07, 6.45) is 0. The van der Waals surface area contributed by atoms with Gasteiger partial charge >= 0.3 is 0 Å². The number of aryl methyl sites for hydroxylation is 1. The van der Waals surface area contributed by atoms with Gasteiger partial charge in [0.15, 0.2) is 0 Å². The second-order valence-electron chi connectivity index (χ2n) is 3.84. The molecule has 0 saturated carbocycles. The number of aromatic nitrogens is 1. The van der Waals surface area contributed by atoms with Gasteiger partial charge in [-0.25, -0.2) is 4.39 Å². The van der Waals surface area contributed by atoms with E-state index >= 15 is 0 Å². The fourth-order valence-electron chi connectivity index (χ4n) is 2.03. The number of hydrogen-bond acceptors (Lipinski definition) is 0. The third kappa shape index (κ3) is 1.14. The van der Waals surface area contributed by atoms with Crippen molar-refractivity contribution in [3.63, 3.8) is 0 Å². The van der Waals surface area contributed by atoms with Gasteiger partial charge in [-0.3, -0.25) is 0 Å². The maximum atomic E-state index is 13.6. The highest BCUT2D eigenvalue weighted by Gasteiger charge is 2.07. The molecule has 0 atom stereocenters. The van der Waals surface area contributed by atoms with Crippen LogP contribution >= 0.6 is 0 Å². The molecule has 0 unspecified atom stereocenters. The first-order valence-electron chi connectivity index (χ1n) is 4.92. The summed E-state index contributed by atoms with van der Waals surface area (Å²) in [5, 5.41) is 1.64. The van der Waals surface area contributed by atoms with E-state index in [2.05, 4.69) is 4.98 Å². The number of fused-ring (bicyclic) bond motifs is 3. The van der Waals surface area contributed by atoms with Gasteiger partial charge in [-0.15, -0.1) is 0 Å². The van der Waals surface area contributed by atoms with Gasteiger partial charge in [0.25, 0.3) is 0 Å². The molecule has 0 bridgehead atoms. The smallest absolute Gasteiger partial charge is 0.133 e. The van der Waals surface area contributed by atoms with E-state index in [1.54, 1.807) is 6.07 Å². The van der Waals surface area contributed by atoms with E-state index in [9.17, 15) is 4.39 Å². The molecule has 0 spiro atoms. The fourth-order valence-corrected chi connectivity index (χ4v) is 2.03. The molecule has 1 heterocycles. The van der Waals surface area contributed by atoms with Crippen molar-refractivity contribution in [3.05, 3.63) is 47.8 Å². The molecular formula is C13H10FN. The molecule has 2 heteroatoms. The van der Waals surface area contributed by atoms with E-state index in [4.69, 9.17) is 0 Å². The number of nitrogens with one attached hydrogen (secondary N) is 1. The van der Waals surface area contributed by atoms with E-state index in [0.29, 0.717) is 5.39 Å². The van der Waals surface area contributed by atoms with Crippen LogP contribution in [-0.2, 0) is 0 Å². The zero-order chi connectivity index (χ0) is 10.4. The van der Waals surface area contributed by atoms with Crippen molar-refractivity contribution in [1.82, 2.24) is 4.98 Å². The molecule has 1 nitrogen and oxygen atoms in total. The van der Waals surface area contributed by atoms with Gasteiger partial charge in [-0.2, -0.15) is 0 Å². The van der Waals surface area contributed by atoms with E-state index in [1.165, 1.54) is 11.6 Å². The molecule has 0 aliphatic rings. The van der Waals surface area contributed by atoms with Crippen molar-refractivity contribution in [1.29, 1.82) is 0 Å². The first-order valence-corrected chi connectivity index (χ1v) is 4.92. The Kier molecular flexibility index (Phi) is 1.60. The first-order chi connectivity index (χ1) is 7.25. The lowest BCUT2D eigenvalue weighted by Gasteiger charge is -1.93. The SMILES string of the molecule is Cc1ccc2c(c1)[nH]c1cccc(F)c12. The van der Waals surface area contributed by atoms with Crippen LogP contribution in [0.3, 0.4) is 0 Å². The normalized spacial score (nSPS) is 11.3. The van der Waals surface area contributed by atoms with Crippen molar-refractivity contribution in [2.24, 2.45) is 0 Å². The van der Waals surface area contributed by atoms with Crippen LogP contribution in [0.4, 0.5) is 4.39 Å². The van der Waals surface area contributed by atoms with E-state index < -0.39 is 0 Å². The quantitative estimate of drug-likeness (QED) is 0.567. The van der Waals surface area contributed by atoms with Gasteiger partial charge < -0.3 is 4.98 Å². The van der Waals surface area contributed by atoms with Crippen LogP contribution in [0.5, 0.6) is 0 Å². The van der Waals surface area contributed by atoms with Crippen LogP contribution in [0.25, 0.3) is 21.8 Å². The lowest BCUT2D eigenvalue weighted by atomic mass is 10.1. The highest BCUT2D eigenvalue weighted by Crippen LogP contribution is 2.27. The Hall–Kier alpha value is -1.83. The predicted octanol–water partition coefficient (Wildman–Crippen LogP) is 3.77. The monoisotopic (exact) mass is 199 g/mol. The summed E-state index contributed by atoms with van der Waals surface area (Å²) in [4.78, 5) is 3.22. The molecule has 2 aromatic carbocycles. The number of aromatic amines is 1. The van der Waals surface area contributed by atoms with E-state index in [-0.39, 0.29) is 5.82 Å². The summed E-state index contributed by atoms with van der Waals surface area (Å²) in [6.45, 7) is 2.03. The Morgan fingerprint density at radius 3 is 2.80 bits per heavy atom. The Morgan fingerprint density at radius 2 is 1.93 bits per heavy atom. The molecule has 74 valence electrons. The molecule has 0 aliphatic heterocycles. The number of halogens is 1. The van der Waals surface area contributed by atoms with Crippen LogP contribution in [0, 0.1) is 12.7 Å². The molecule has 1 aromatic heterocycles. The van der Waals surface area contributed by atoms with Gasteiger partial charge in [0.1, 0.15) is 5.82 Å². The second kappa shape index (κ2) is 2.83. The van der Waals surface area contributed by atoms with Crippen molar-refractivity contribution < 1.29 is 4.39 Å². The molecule has 0 radical (unpaired) electrons. The highest BCUT2D eigenvalue weighted by atomic mass is 19.1. The van der Waals surface area contributed by atoms with E-state index in [1.807, 2.05) is 31.2 Å². The Morgan fingerprint density at radius 1 is 1.07 bits per heavy atom. The Labute approximate surface area is 86.5 Å². The van der Waals surface area contributed by atoms with Gasteiger partial charge in [0.05, 0.1) is 0 Å². The number of benzene rings is 2. The van der Waals surface area contributed by atoms with Gasteiger partial charge in [-0.05, 0) is 30.7 Å². The van der Waals surface area contributed by atoms with E-state index in [0.717, 1.165) is 16.4 Å². The molecule has 1 N–H and O–H groups in total. The maximum Gasteiger partial charge on any atom is 0.133 e. The third-order valence-electron chi connectivity index (χ3n) is 2.73. The summed E-state index contributed by atoms with van der Waals surface area (Å²) in [6, 6.07) is 11.1. The van der Waals surface area contributed by atoms with Crippen molar-refractivity contribution in [2.75, 3.05) is 0 Å². The van der Waals surface area contributed by atoms with Crippen LogP contribution in [0.15, 0.2) is 36.4 Å². The van der Waals surface area contributed by atoms with Gasteiger partial charge in [0.2, 0.25) is 0 Å². The average Bonchev–Trinajstić information content (AvgIpc) is 2.56. The summed E-state index contributed by atoms with van der Waals surface area (Å²) >= 11 is 0. The van der Waals surface area contributed by atoms with Crippen molar-refractivity contribution in [3.8, 4) is 0 Å².